The monoisotopic (exact) mass is 441 g/mol. The summed E-state index contributed by atoms with van der Waals surface area (Å²) in [6, 6.07) is 27.8. The number of nitrogens with two attached hydrogens (primary N) is 1. The standard InChI is InChI=1S/C28H28ClN3/c29-23-10-11-25-26(14-17-31-27(25)18-23)32-28(15-12-24(30)13-16-28)19-20-6-8-22(9-7-20)21-4-2-1-3-5-21/h1-11,14,17-18,24H,12-13,15-16,19,30H2,(H,31,32). The summed E-state index contributed by atoms with van der Waals surface area (Å²) in [6.07, 6.45) is 6.98. The lowest BCUT2D eigenvalue weighted by Gasteiger charge is -2.41. The summed E-state index contributed by atoms with van der Waals surface area (Å²) in [6.45, 7) is 0. The zero-order valence-corrected chi connectivity index (χ0v) is 18.9. The van der Waals surface area contributed by atoms with Crippen LogP contribution in [0.2, 0.25) is 5.02 Å². The predicted octanol–water partition coefficient (Wildman–Crippen LogP) is 6.85. The summed E-state index contributed by atoms with van der Waals surface area (Å²) >= 11 is 6.20. The molecule has 1 aliphatic carbocycles. The molecule has 1 heterocycles. The second kappa shape index (κ2) is 8.93. The molecule has 4 aromatic rings. The largest absolute Gasteiger partial charge is 0.379 e. The second-order valence-corrected chi connectivity index (χ2v) is 9.44. The van der Waals surface area contributed by atoms with Crippen LogP contribution in [0.15, 0.2) is 85.1 Å². The van der Waals surface area contributed by atoms with E-state index in [0.29, 0.717) is 11.1 Å². The van der Waals surface area contributed by atoms with Gasteiger partial charge in [-0.25, -0.2) is 0 Å². The van der Waals surface area contributed by atoms with Gasteiger partial charge >= 0.3 is 0 Å². The lowest BCUT2D eigenvalue weighted by atomic mass is 9.75. The first-order chi connectivity index (χ1) is 15.6. The third-order valence-electron chi connectivity index (χ3n) is 6.70. The number of fused-ring (bicyclic) bond motifs is 1. The molecule has 0 radical (unpaired) electrons. The van der Waals surface area contributed by atoms with Crippen LogP contribution < -0.4 is 11.1 Å². The number of nitrogens with zero attached hydrogens (tertiary/aromatic N) is 1. The highest BCUT2D eigenvalue weighted by Crippen LogP contribution is 2.37. The van der Waals surface area contributed by atoms with Crippen LogP contribution in [-0.4, -0.2) is 16.6 Å². The fourth-order valence-electron chi connectivity index (χ4n) is 4.89. The zero-order valence-electron chi connectivity index (χ0n) is 18.1. The number of pyridine rings is 1. The van der Waals surface area contributed by atoms with Gasteiger partial charge in [0.2, 0.25) is 0 Å². The first-order valence-electron chi connectivity index (χ1n) is 11.3. The number of hydrogen-bond donors (Lipinski definition) is 2. The van der Waals surface area contributed by atoms with E-state index >= 15 is 0 Å². The number of nitrogens with one attached hydrogen (secondary N) is 1. The molecule has 3 nitrogen and oxygen atoms in total. The topological polar surface area (TPSA) is 50.9 Å². The van der Waals surface area contributed by atoms with Gasteiger partial charge in [0.15, 0.2) is 0 Å². The van der Waals surface area contributed by atoms with Crippen LogP contribution in [0.1, 0.15) is 31.2 Å². The van der Waals surface area contributed by atoms with Gasteiger partial charge in [-0.1, -0.05) is 66.2 Å². The second-order valence-electron chi connectivity index (χ2n) is 9.00. The highest BCUT2D eigenvalue weighted by atomic mass is 35.5. The zero-order chi connectivity index (χ0) is 22.0. The van der Waals surface area contributed by atoms with E-state index in [0.717, 1.165) is 48.7 Å². The van der Waals surface area contributed by atoms with Crippen LogP contribution in [0.4, 0.5) is 5.69 Å². The maximum absolute atomic E-state index is 6.28. The molecular weight excluding hydrogens is 414 g/mol. The summed E-state index contributed by atoms with van der Waals surface area (Å²) in [4.78, 5) is 4.51. The Morgan fingerprint density at radius 1 is 0.906 bits per heavy atom. The Labute approximate surface area is 194 Å². The van der Waals surface area contributed by atoms with Crippen molar-refractivity contribution in [2.24, 2.45) is 5.73 Å². The molecule has 4 heteroatoms. The summed E-state index contributed by atoms with van der Waals surface area (Å²) in [5.74, 6) is 0. The van der Waals surface area contributed by atoms with E-state index in [2.05, 4.69) is 77.0 Å². The van der Waals surface area contributed by atoms with E-state index < -0.39 is 0 Å². The Morgan fingerprint density at radius 3 is 2.38 bits per heavy atom. The molecule has 1 fully saturated rings. The number of halogens is 1. The Hall–Kier alpha value is -2.88. The maximum Gasteiger partial charge on any atom is 0.0737 e. The van der Waals surface area contributed by atoms with E-state index in [9.17, 15) is 0 Å². The van der Waals surface area contributed by atoms with Crippen molar-refractivity contribution < 1.29 is 0 Å². The van der Waals surface area contributed by atoms with Gasteiger partial charge in [0.25, 0.3) is 0 Å². The molecule has 0 spiro atoms. The normalized spacial score (nSPS) is 20.9. The van der Waals surface area contributed by atoms with Crippen molar-refractivity contribution in [1.29, 1.82) is 0 Å². The minimum absolute atomic E-state index is 0.0297. The molecular formula is C28H28ClN3. The van der Waals surface area contributed by atoms with Gasteiger partial charge in [0, 0.05) is 33.9 Å². The van der Waals surface area contributed by atoms with E-state index in [1.165, 1.54) is 16.7 Å². The number of aromatic nitrogens is 1. The summed E-state index contributed by atoms with van der Waals surface area (Å²) in [5, 5.41) is 5.74. The molecule has 0 bridgehead atoms. The molecule has 1 saturated carbocycles. The summed E-state index contributed by atoms with van der Waals surface area (Å²) < 4.78 is 0. The lowest BCUT2D eigenvalue weighted by molar-refractivity contribution is 0.295. The third-order valence-corrected chi connectivity index (χ3v) is 6.93. The van der Waals surface area contributed by atoms with Crippen molar-refractivity contribution in [2.75, 3.05) is 5.32 Å². The minimum atomic E-state index is -0.0297. The Kier molecular flexibility index (Phi) is 5.86. The Morgan fingerprint density at radius 2 is 1.62 bits per heavy atom. The predicted molar refractivity (Wildman–Crippen MR) is 135 cm³/mol. The van der Waals surface area contributed by atoms with Crippen LogP contribution in [0.25, 0.3) is 22.0 Å². The molecule has 1 aliphatic rings. The van der Waals surface area contributed by atoms with Crippen molar-refractivity contribution >= 4 is 28.2 Å². The van der Waals surface area contributed by atoms with Gasteiger partial charge in [-0.2, -0.15) is 0 Å². The smallest absolute Gasteiger partial charge is 0.0737 e. The number of rotatable bonds is 5. The van der Waals surface area contributed by atoms with E-state index in [1.54, 1.807) is 0 Å². The van der Waals surface area contributed by atoms with Crippen molar-refractivity contribution in [3.05, 3.63) is 95.6 Å². The number of anilines is 1. The maximum atomic E-state index is 6.28. The van der Waals surface area contributed by atoms with Crippen LogP contribution in [0, 0.1) is 0 Å². The van der Waals surface area contributed by atoms with Crippen LogP contribution in [-0.2, 0) is 6.42 Å². The molecule has 3 N–H and O–H groups in total. The molecule has 0 aliphatic heterocycles. The highest BCUT2D eigenvalue weighted by molar-refractivity contribution is 6.31. The molecule has 0 amide bonds. The molecule has 3 aromatic carbocycles. The van der Waals surface area contributed by atoms with Gasteiger partial charge < -0.3 is 11.1 Å². The molecule has 1 aromatic heterocycles. The molecule has 0 saturated heterocycles. The van der Waals surface area contributed by atoms with Crippen LogP contribution in [0.3, 0.4) is 0 Å². The van der Waals surface area contributed by atoms with E-state index in [1.807, 2.05) is 18.3 Å². The summed E-state index contributed by atoms with van der Waals surface area (Å²) in [7, 11) is 0. The average Bonchev–Trinajstić information content (AvgIpc) is 2.82. The number of hydrogen-bond acceptors (Lipinski definition) is 3. The van der Waals surface area contributed by atoms with Crippen LogP contribution in [0.5, 0.6) is 0 Å². The lowest BCUT2D eigenvalue weighted by Crippen LogP contribution is -2.46. The quantitative estimate of drug-likeness (QED) is 0.356. The fourth-order valence-corrected chi connectivity index (χ4v) is 5.06. The van der Waals surface area contributed by atoms with Crippen LogP contribution >= 0.6 is 11.6 Å². The molecule has 162 valence electrons. The molecule has 5 rings (SSSR count). The van der Waals surface area contributed by atoms with E-state index in [-0.39, 0.29) is 5.54 Å². The Balaban J connectivity index is 1.44. The minimum Gasteiger partial charge on any atom is -0.379 e. The third kappa shape index (κ3) is 4.50. The van der Waals surface area contributed by atoms with Crippen molar-refractivity contribution in [3.8, 4) is 11.1 Å². The van der Waals surface area contributed by atoms with Crippen molar-refractivity contribution in [1.82, 2.24) is 4.98 Å². The SMILES string of the molecule is NC1CCC(Cc2ccc(-c3ccccc3)cc2)(Nc2ccnc3cc(Cl)ccc23)CC1. The van der Waals surface area contributed by atoms with Crippen molar-refractivity contribution in [3.63, 3.8) is 0 Å². The van der Waals surface area contributed by atoms with Gasteiger partial charge in [-0.15, -0.1) is 0 Å². The Bertz CT molecular complexity index is 1200. The van der Waals surface area contributed by atoms with E-state index in [4.69, 9.17) is 17.3 Å². The average molecular weight is 442 g/mol. The van der Waals surface area contributed by atoms with Gasteiger partial charge in [-0.3, -0.25) is 4.98 Å². The molecule has 32 heavy (non-hydrogen) atoms. The summed E-state index contributed by atoms with van der Waals surface area (Å²) in [5.41, 5.74) is 12.1. The van der Waals surface area contributed by atoms with Gasteiger partial charge in [0.1, 0.15) is 0 Å². The molecule has 0 atom stereocenters. The van der Waals surface area contributed by atoms with Gasteiger partial charge in [0.05, 0.1) is 5.52 Å². The fraction of sp³-hybridized carbons (Fsp3) is 0.250. The number of benzene rings is 3. The first kappa shape index (κ1) is 21.0. The van der Waals surface area contributed by atoms with Crippen molar-refractivity contribution in [2.45, 2.75) is 43.7 Å². The molecule has 0 unspecified atom stereocenters. The first-order valence-corrected chi connectivity index (χ1v) is 11.7. The highest BCUT2D eigenvalue weighted by Gasteiger charge is 2.35. The van der Waals surface area contributed by atoms with Gasteiger partial charge in [-0.05, 0) is 73.1 Å².